The molecule has 0 amide bonds. The summed E-state index contributed by atoms with van der Waals surface area (Å²) in [5.74, 6) is -0.00827. The van der Waals surface area contributed by atoms with Gasteiger partial charge >= 0.3 is 0 Å². The molecule has 2 aromatic rings. The van der Waals surface area contributed by atoms with Crippen molar-refractivity contribution in [3.8, 4) is 5.75 Å². The fourth-order valence-electron chi connectivity index (χ4n) is 1.19. The van der Waals surface area contributed by atoms with Gasteiger partial charge in [-0.15, -0.1) is 0 Å². The SMILES string of the molecule is Oc1cc(Cl)c(Cl)c2cc(Cl)cnc12. The molecule has 0 spiro atoms. The molecule has 0 aliphatic carbocycles. The first kappa shape index (κ1) is 9.84. The Labute approximate surface area is 95.0 Å². The van der Waals surface area contributed by atoms with E-state index in [0.29, 0.717) is 20.9 Å². The van der Waals surface area contributed by atoms with E-state index in [9.17, 15) is 5.11 Å². The van der Waals surface area contributed by atoms with Crippen molar-refractivity contribution in [2.75, 3.05) is 0 Å². The molecule has 0 unspecified atom stereocenters. The molecule has 1 heterocycles. The third kappa shape index (κ3) is 1.50. The van der Waals surface area contributed by atoms with Crippen LogP contribution in [0.5, 0.6) is 5.75 Å². The third-order valence-corrected chi connectivity index (χ3v) is 2.82. The molecule has 2 rings (SSSR count). The summed E-state index contributed by atoms with van der Waals surface area (Å²) in [5, 5.41) is 11.1. The molecule has 0 aliphatic heterocycles. The lowest BCUT2D eigenvalue weighted by molar-refractivity contribution is 0.480. The zero-order chi connectivity index (χ0) is 10.3. The molecule has 0 atom stereocenters. The van der Waals surface area contributed by atoms with Crippen LogP contribution in [-0.2, 0) is 0 Å². The molecule has 0 fully saturated rings. The number of hydrogen-bond acceptors (Lipinski definition) is 2. The predicted octanol–water partition coefficient (Wildman–Crippen LogP) is 3.90. The Hall–Kier alpha value is -0.700. The van der Waals surface area contributed by atoms with Crippen molar-refractivity contribution in [2.24, 2.45) is 0 Å². The maximum atomic E-state index is 9.52. The summed E-state index contributed by atoms with van der Waals surface area (Å²) in [5.41, 5.74) is 0.392. The van der Waals surface area contributed by atoms with Crippen molar-refractivity contribution in [1.29, 1.82) is 0 Å². The van der Waals surface area contributed by atoms with Gasteiger partial charge in [0, 0.05) is 17.6 Å². The first-order valence-electron chi connectivity index (χ1n) is 3.72. The van der Waals surface area contributed by atoms with E-state index >= 15 is 0 Å². The van der Waals surface area contributed by atoms with E-state index in [1.165, 1.54) is 12.3 Å². The van der Waals surface area contributed by atoms with E-state index in [4.69, 9.17) is 34.8 Å². The lowest BCUT2D eigenvalue weighted by Gasteiger charge is -2.04. The summed E-state index contributed by atoms with van der Waals surface area (Å²) in [6, 6.07) is 2.96. The van der Waals surface area contributed by atoms with Gasteiger partial charge in [0.05, 0.1) is 15.1 Å². The highest BCUT2D eigenvalue weighted by molar-refractivity contribution is 6.45. The van der Waals surface area contributed by atoms with Gasteiger partial charge in [-0.05, 0) is 6.07 Å². The van der Waals surface area contributed by atoms with Gasteiger partial charge in [-0.1, -0.05) is 34.8 Å². The largest absolute Gasteiger partial charge is 0.506 e. The van der Waals surface area contributed by atoms with Gasteiger partial charge in [-0.3, -0.25) is 4.98 Å². The summed E-state index contributed by atoms with van der Waals surface area (Å²) in [6.45, 7) is 0. The van der Waals surface area contributed by atoms with Gasteiger partial charge in [-0.2, -0.15) is 0 Å². The maximum absolute atomic E-state index is 9.52. The van der Waals surface area contributed by atoms with Crippen LogP contribution in [0.4, 0.5) is 0 Å². The summed E-state index contributed by atoms with van der Waals surface area (Å²) < 4.78 is 0. The van der Waals surface area contributed by atoms with E-state index in [1.807, 2.05) is 0 Å². The number of hydrogen-bond donors (Lipinski definition) is 1. The van der Waals surface area contributed by atoms with E-state index in [2.05, 4.69) is 4.98 Å². The lowest BCUT2D eigenvalue weighted by Crippen LogP contribution is -1.82. The maximum Gasteiger partial charge on any atom is 0.143 e. The number of phenolic OH excluding ortho intramolecular Hbond substituents is 1. The smallest absolute Gasteiger partial charge is 0.143 e. The second kappa shape index (κ2) is 3.46. The molecular formula is C9H4Cl3NO. The number of benzene rings is 1. The number of pyridine rings is 1. The molecule has 2 nitrogen and oxygen atoms in total. The lowest BCUT2D eigenvalue weighted by atomic mass is 10.2. The Morgan fingerprint density at radius 3 is 2.57 bits per heavy atom. The van der Waals surface area contributed by atoms with Gasteiger partial charge in [0.1, 0.15) is 11.3 Å². The second-order valence-corrected chi connectivity index (χ2v) is 3.96. The van der Waals surface area contributed by atoms with Crippen molar-refractivity contribution in [3.63, 3.8) is 0 Å². The Bertz CT molecular complexity index is 513. The first-order chi connectivity index (χ1) is 6.59. The Morgan fingerprint density at radius 1 is 1.14 bits per heavy atom. The first-order valence-corrected chi connectivity index (χ1v) is 4.85. The highest BCUT2D eigenvalue weighted by atomic mass is 35.5. The third-order valence-electron chi connectivity index (χ3n) is 1.81. The van der Waals surface area contributed by atoms with Crippen LogP contribution in [0, 0.1) is 0 Å². The Kier molecular flexibility index (Phi) is 2.43. The van der Waals surface area contributed by atoms with Crippen molar-refractivity contribution in [2.45, 2.75) is 0 Å². The van der Waals surface area contributed by atoms with Crippen molar-refractivity contribution >= 4 is 45.7 Å². The molecule has 0 saturated heterocycles. The van der Waals surface area contributed by atoms with Crippen LogP contribution in [0.25, 0.3) is 10.9 Å². The summed E-state index contributed by atoms with van der Waals surface area (Å²) >= 11 is 17.5. The molecular weight excluding hydrogens is 244 g/mol. The number of phenols is 1. The minimum absolute atomic E-state index is 0.00827. The van der Waals surface area contributed by atoms with Gasteiger partial charge < -0.3 is 5.11 Å². The highest BCUT2D eigenvalue weighted by Crippen LogP contribution is 2.36. The molecule has 1 aromatic carbocycles. The zero-order valence-electron chi connectivity index (χ0n) is 6.76. The minimum atomic E-state index is -0.00827. The fraction of sp³-hybridized carbons (Fsp3) is 0. The van der Waals surface area contributed by atoms with Crippen LogP contribution in [-0.4, -0.2) is 10.1 Å². The summed E-state index contributed by atoms with van der Waals surface area (Å²) in [7, 11) is 0. The molecule has 1 N–H and O–H groups in total. The Balaban J connectivity index is 2.95. The number of nitrogens with zero attached hydrogens (tertiary/aromatic N) is 1. The zero-order valence-corrected chi connectivity index (χ0v) is 9.03. The standard InChI is InChI=1S/C9H4Cl3NO/c10-4-1-5-8(12)6(11)2-7(14)9(5)13-3-4/h1-3,14H. The van der Waals surface area contributed by atoms with Gasteiger partial charge in [0.25, 0.3) is 0 Å². The van der Waals surface area contributed by atoms with Crippen LogP contribution in [0.1, 0.15) is 0 Å². The van der Waals surface area contributed by atoms with Crippen LogP contribution < -0.4 is 0 Å². The predicted molar refractivity (Wildman–Crippen MR) is 58.4 cm³/mol. The van der Waals surface area contributed by atoms with E-state index < -0.39 is 0 Å². The molecule has 72 valence electrons. The topological polar surface area (TPSA) is 33.1 Å². The molecule has 5 heteroatoms. The van der Waals surface area contributed by atoms with E-state index in [0.717, 1.165) is 0 Å². The van der Waals surface area contributed by atoms with Crippen LogP contribution in [0.15, 0.2) is 18.3 Å². The average molecular weight is 248 g/mol. The quantitative estimate of drug-likeness (QED) is 0.767. The summed E-state index contributed by atoms with van der Waals surface area (Å²) in [4.78, 5) is 3.96. The molecule has 0 bridgehead atoms. The van der Waals surface area contributed by atoms with Crippen molar-refractivity contribution in [3.05, 3.63) is 33.4 Å². The molecule has 0 radical (unpaired) electrons. The average Bonchev–Trinajstić information content (AvgIpc) is 2.14. The van der Waals surface area contributed by atoms with Crippen LogP contribution in [0.2, 0.25) is 15.1 Å². The number of halogens is 3. The Morgan fingerprint density at radius 2 is 1.86 bits per heavy atom. The number of aromatic hydroxyl groups is 1. The van der Waals surface area contributed by atoms with Crippen molar-refractivity contribution < 1.29 is 5.11 Å². The van der Waals surface area contributed by atoms with E-state index in [-0.39, 0.29) is 10.8 Å². The number of aromatic nitrogens is 1. The minimum Gasteiger partial charge on any atom is -0.506 e. The van der Waals surface area contributed by atoms with Crippen molar-refractivity contribution in [1.82, 2.24) is 4.98 Å². The number of rotatable bonds is 0. The number of fused-ring (bicyclic) bond motifs is 1. The van der Waals surface area contributed by atoms with Gasteiger partial charge in [0.2, 0.25) is 0 Å². The molecule has 0 aliphatic rings. The molecule has 0 saturated carbocycles. The molecule has 14 heavy (non-hydrogen) atoms. The van der Waals surface area contributed by atoms with Crippen LogP contribution >= 0.6 is 34.8 Å². The summed E-state index contributed by atoms with van der Waals surface area (Å²) in [6.07, 6.45) is 1.44. The second-order valence-electron chi connectivity index (χ2n) is 2.74. The monoisotopic (exact) mass is 247 g/mol. The fourth-order valence-corrected chi connectivity index (χ4v) is 1.75. The van der Waals surface area contributed by atoms with Gasteiger partial charge in [-0.25, -0.2) is 0 Å². The highest BCUT2D eigenvalue weighted by Gasteiger charge is 2.10. The normalized spacial score (nSPS) is 10.8. The van der Waals surface area contributed by atoms with Gasteiger partial charge in [0.15, 0.2) is 0 Å². The molecule has 1 aromatic heterocycles. The van der Waals surface area contributed by atoms with Crippen LogP contribution in [0.3, 0.4) is 0 Å². The van der Waals surface area contributed by atoms with E-state index in [1.54, 1.807) is 6.07 Å².